The van der Waals surface area contributed by atoms with Gasteiger partial charge in [0.25, 0.3) is 5.91 Å². The average Bonchev–Trinajstić information content (AvgIpc) is 3.24. The van der Waals surface area contributed by atoms with E-state index in [-0.39, 0.29) is 10.6 Å². The molecule has 1 aromatic heterocycles. The van der Waals surface area contributed by atoms with Crippen LogP contribution in [0.3, 0.4) is 0 Å². The van der Waals surface area contributed by atoms with Gasteiger partial charge in [-0.1, -0.05) is 11.6 Å². The molecule has 1 fully saturated rings. The second kappa shape index (κ2) is 8.67. The van der Waals surface area contributed by atoms with E-state index in [1.54, 1.807) is 12.1 Å². The van der Waals surface area contributed by atoms with Crippen molar-refractivity contribution >= 4 is 40.6 Å². The lowest BCUT2D eigenvalue weighted by molar-refractivity contribution is 0.102. The van der Waals surface area contributed by atoms with Gasteiger partial charge in [0.2, 0.25) is 5.95 Å². The first-order valence-corrected chi connectivity index (χ1v) is 10.1. The molecule has 0 atom stereocenters. The van der Waals surface area contributed by atoms with E-state index in [0.717, 1.165) is 55.1 Å². The molecular weight excluding hydrogens is 405 g/mol. The number of rotatable bonds is 5. The molecule has 1 amide bonds. The van der Waals surface area contributed by atoms with Crippen molar-refractivity contribution in [1.82, 2.24) is 9.97 Å². The van der Waals surface area contributed by atoms with E-state index in [0.29, 0.717) is 5.69 Å². The number of amides is 1. The normalized spacial score (nSPS) is 13.4. The van der Waals surface area contributed by atoms with Gasteiger partial charge in [-0.25, -0.2) is 9.37 Å². The molecule has 1 saturated heterocycles. The standard InChI is InChI=1S/C22H21ClFN5O/c1-14-12-20(28-22(25-14)29-10-2-3-11-29)26-16-5-7-17(8-6-16)27-21(30)18-9-4-15(24)13-19(18)23/h4-9,12-13H,2-3,10-11H2,1H3,(H,27,30)(H,25,26,28). The van der Waals surface area contributed by atoms with Gasteiger partial charge < -0.3 is 15.5 Å². The summed E-state index contributed by atoms with van der Waals surface area (Å²) < 4.78 is 13.2. The van der Waals surface area contributed by atoms with Crippen molar-refractivity contribution in [2.75, 3.05) is 28.6 Å². The van der Waals surface area contributed by atoms with E-state index < -0.39 is 11.7 Å². The maximum Gasteiger partial charge on any atom is 0.257 e. The zero-order valence-electron chi connectivity index (χ0n) is 16.5. The Labute approximate surface area is 179 Å². The van der Waals surface area contributed by atoms with Crippen LogP contribution in [0, 0.1) is 12.7 Å². The van der Waals surface area contributed by atoms with Gasteiger partial charge in [-0.05, 0) is 62.2 Å². The van der Waals surface area contributed by atoms with Gasteiger partial charge in [-0.3, -0.25) is 4.79 Å². The molecule has 1 aliphatic rings. The molecule has 0 unspecified atom stereocenters. The second-order valence-electron chi connectivity index (χ2n) is 7.17. The van der Waals surface area contributed by atoms with Gasteiger partial charge in [-0.2, -0.15) is 4.98 Å². The Morgan fingerprint density at radius 1 is 1.03 bits per heavy atom. The summed E-state index contributed by atoms with van der Waals surface area (Å²) in [5.41, 5.74) is 2.54. The first-order chi connectivity index (χ1) is 14.5. The van der Waals surface area contributed by atoms with Gasteiger partial charge in [0.15, 0.2) is 0 Å². The maximum absolute atomic E-state index is 13.2. The molecule has 1 aliphatic heterocycles. The highest BCUT2D eigenvalue weighted by atomic mass is 35.5. The number of hydrogen-bond donors (Lipinski definition) is 2. The summed E-state index contributed by atoms with van der Waals surface area (Å²) in [4.78, 5) is 23.7. The van der Waals surface area contributed by atoms with Crippen LogP contribution >= 0.6 is 11.6 Å². The third-order valence-electron chi connectivity index (χ3n) is 4.82. The molecule has 0 bridgehead atoms. The number of anilines is 4. The van der Waals surface area contributed by atoms with Crippen LogP contribution in [0.25, 0.3) is 0 Å². The largest absolute Gasteiger partial charge is 0.341 e. The summed E-state index contributed by atoms with van der Waals surface area (Å²) in [6.45, 7) is 3.91. The summed E-state index contributed by atoms with van der Waals surface area (Å²) in [6.07, 6.45) is 2.33. The Morgan fingerprint density at radius 3 is 2.43 bits per heavy atom. The van der Waals surface area contributed by atoms with E-state index in [2.05, 4.69) is 25.5 Å². The summed E-state index contributed by atoms with van der Waals surface area (Å²) >= 11 is 5.95. The highest BCUT2D eigenvalue weighted by Crippen LogP contribution is 2.23. The monoisotopic (exact) mass is 425 g/mol. The molecule has 2 N–H and O–H groups in total. The number of nitrogens with one attached hydrogen (secondary N) is 2. The number of benzene rings is 2. The third kappa shape index (κ3) is 4.68. The van der Waals surface area contributed by atoms with Crippen LogP contribution in [0.1, 0.15) is 28.9 Å². The molecule has 2 aromatic carbocycles. The second-order valence-corrected chi connectivity index (χ2v) is 7.58. The number of carbonyl (C=O) groups is 1. The molecule has 0 saturated carbocycles. The molecule has 30 heavy (non-hydrogen) atoms. The van der Waals surface area contributed by atoms with E-state index in [4.69, 9.17) is 11.6 Å². The number of aromatic nitrogens is 2. The van der Waals surface area contributed by atoms with Crippen molar-refractivity contribution < 1.29 is 9.18 Å². The summed E-state index contributed by atoms with van der Waals surface area (Å²) in [5.74, 6) is 0.580. The van der Waals surface area contributed by atoms with Crippen molar-refractivity contribution in [2.24, 2.45) is 0 Å². The van der Waals surface area contributed by atoms with Gasteiger partial charge in [0.05, 0.1) is 10.6 Å². The highest BCUT2D eigenvalue weighted by Gasteiger charge is 2.16. The minimum atomic E-state index is -0.486. The lowest BCUT2D eigenvalue weighted by Gasteiger charge is -2.17. The van der Waals surface area contributed by atoms with Crippen LogP contribution in [0.2, 0.25) is 5.02 Å². The average molecular weight is 426 g/mol. The molecule has 3 aromatic rings. The zero-order valence-corrected chi connectivity index (χ0v) is 17.2. The van der Waals surface area contributed by atoms with Crippen LogP contribution in [0.4, 0.5) is 27.5 Å². The van der Waals surface area contributed by atoms with Crippen molar-refractivity contribution in [3.63, 3.8) is 0 Å². The fourth-order valence-corrected chi connectivity index (χ4v) is 3.59. The Kier molecular flexibility index (Phi) is 5.81. The van der Waals surface area contributed by atoms with Crippen LogP contribution in [0.5, 0.6) is 0 Å². The Hall–Kier alpha value is -3.19. The van der Waals surface area contributed by atoms with E-state index in [1.807, 2.05) is 25.1 Å². The summed E-state index contributed by atoms with van der Waals surface area (Å²) in [5, 5.41) is 6.11. The van der Waals surface area contributed by atoms with E-state index >= 15 is 0 Å². The first-order valence-electron chi connectivity index (χ1n) is 9.72. The van der Waals surface area contributed by atoms with Gasteiger partial charge >= 0.3 is 0 Å². The third-order valence-corrected chi connectivity index (χ3v) is 5.13. The molecule has 2 heterocycles. The van der Waals surface area contributed by atoms with E-state index in [9.17, 15) is 9.18 Å². The smallest absolute Gasteiger partial charge is 0.257 e. The fourth-order valence-electron chi connectivity index (χ4n) is 3.33. The lowest BCUT2D eigenvalue weighted by Crippen LogP contribution is -2.21. The SMILES string of the molecule is Cc1cc(Nc2ccc(NC(=O)c3ccc(F)cc3Cl)cc2)nc(N2CCCC2)n1. The summed E-state index contributed by atoms with van der Waals surface area (Å²) in [7, 11) is 0. The molecule has 0 radical (unpaired) electrons. The zero-order chi connectivity index (χ0) is 21.1. The Bertz CT molecular complexity index is 1070. The van der Waals surface area contributed by atoms with Crippen LogP contribution < -0.4 is 15.5 Å². The molecule has 6 nitrogen and oxygen atoms in total. The molecule has 0 spiro atoms. The molecule has 8 heteroatoms. The summed E-state index contributed by atoms with van der Waals surface area (Å²) in [6, 6.07) is 12.8. The minimum absolute atomic E-state index is 0.0683. The number of hydrogen-bond acceptors (Lipinski definition) is 5. The molecular formula is C22H21ClFN5O. The number of nitrogens with zero attached hydrogens (tertiary/aromatic N) is 3. The van der Waals surface area contributed by atoms with Crippen LogP contribution in [0.15, 0.2) is 48.5 Å². The highest BCUT2D eigenvalue weighted by molar-refractivity contribution is 6.34. The fraction of sp³-hybridized carbons (Fsp3) is 0.227. The Morgan fingerprint density at radius 2 is 1.73 bits per heavy atom. The van der Waals surface area contributed by atoms with Crippen molar-refractivity contribution in [3.8, 4) is 0 Å². The van der Waals surface area contributed by atoms with E-state index in [1.165, 1.54) is 12.1 Å². The minimum Gasteiger partial charge on any atom is -0.341 e. The quantitative estimate of drug-likeness (QED) is 0.589. The van der Waals surface area contributed by atoms with Gasteiger partial charge in [-0.15, -0.1) is 0 Å². The van der Waals surface area contributed by atoms with Crippen molar-refractivity contribution in [2.45, 2.75) is 19.8 Å². The molecule has 4 rings (SSSR count). The van der Waals surface area contributed by atoms with Crippen molar-refractivity contribution in [1.29, 1.82) is 0 Å². The number of carbonyl (C=O) groups excluding carboxylic acids is 1. The first kappa shape index (κ1) is 20.1. The van der Waals surface area contributed by atoms with Crippen LogP contribution in [-0.4, -0.2) is 29.0 Å². The van der Waals surface area contributed by atoms with Crippen LogP contribution in [-0.2, 0) is 0 Å². The van der Waals surface area contributed by atoms with Crippen molar-refractivity contribution in [3.05, 3.63) is 70.6 Å². The Balaban J connectivity index is 1.44. The number of aryl methyl sites for hydroxylation is 1. The maximum atomic E-state index is 13.2. The number of halogens is 2. The van der Waals surface area contributed by atoms with Gasteiger partial charge in [0.1, 0.15) is 11.6 Å². The lowest BCUT2D eigenvalue weighted by atomic mass is 10.2. The molecule has 0 aliphatic carbocycles. The predicted octanol–water partition coefficient (Wildman–Crippen LogP) is 5.17. The molecule has 154 valence electrons. The predicted molar refractivity (Wildman–Crippen MR) is 117 cm³/mol. The van der Waals surface area contributed by atoms with Gasteiger partial charge in [0, 0.05) is 36.2 Å². The topological polar surface area (TPSA) is 70.2 Å².